The molecular formula is C20H25N5O5. The van der Waals surface area contributed by atoms with Crippen LogP contribution in [0.1, 0.15) is 33.4 Å². The zero-order valence-corrected chi connectivity index (χ0v) is 17.6. The minimum absolute atomic E-state index is 0.0406. The number of anilines is 1. The minimum atomic E-state index is -1.50. The summed E-state index contributed by atoms with van der Waals surface area (Å²) >= 11 is 0. The van der Waals surface area contributed by atoms with Crippen molar-refractivity contribution in [2.45, 2.75) is 57.4 Å². The number of carbonyl (C=O) groups is 1. The van der Waals surface area contributed by atoms with Gasteiger partial charge in [-0.1, -0.05) is 13.8 Å². The molecule has 2 aromatic rings. The van der Waals surface area contributed by atoms with Crippen LogP contribution in [0.5, 0.6) is 0 Å². The maximum atomic E-state index is 12.0. The van der Waals surface area contributed by atoms with Crippen LogP contribution in [-0.2, 0) is 29.3 Å². The van der Waals surface area contributed by atoms with Crippen molar-refractivity contribution in [2.24, 2.45) is 5.92 Å². The molecule has 0 spiro atoms. The lowest BCUT2D eigenvalue weighted by atomic mass is 9.92. The number of esters is 1. The average Bonchev–Trinajstić information content (AvgIpc) is 3.36. The Morgan fingerprint density at radius 3 is 2.80 bits per heavy atom. The molecule has 0 saturated carbocycles. The van der Waals surface area contributed by atoms with E-state index in [0.717, 1.165) is 0 Å². The number of hydrogen-bond donors (Lipinski definition) is 1. The number of carbonyl (C=O) groups excluding carboxylic acids is 1. The van der Waals surface area contributed by atoms with Gasteiger partial charge in [-0.2, -0.15) is 10.4 Å². The molecule has 4 atom stereocenters. The molecule has 2 aromatic heterocycles. The highest BCUT2D eigenvalue weighted by Gasteiger charge is 2.65. The summed E-state index contributed by atoms with van der Waals surface area (Å²) in [6.07, 6.45) is -0.588. The van der Waals surface area contributed by atoms with Gasteiger partial charge in [-0.25, -0.2) is 9.50 Å². The first-order valence-electron chi connectivity index (χ1n) is 9.84. The molecule has 0 bridgehead atoms. The summed E-state index contributed by atoms with van der Waals surface area (Å²) in [5.74, 6) is -0.918. The standard InChI is InChI=1S/C20H25N5O5/c1-11(2)18(26)27-8-13-15-16(30-19(3,4)29-15)20(9-21,28-13)14-7-6-12-17(22-5)23-10-24-25(12)14/h6-7,10-11,13,15-16H,8H2,1-5H3,(H,22,23,24)/t13-,15-,16-,20+/m1/s1. The number of ether oxygens (including phenoxy) is 4. The van der Waals surface area contributed by atoms with E-state index in [9.17, 15) is 10.1 Å². The molecule has 10 heteroatoms. The number of nitrogens with zero attached hydrogens (tertiary/aromatic N) is 4. The Morgan fingerprint density at radius 2 is 2.13 bits per heavy atom. The predicted molar refractivity (Wildman–Crippen MR) is 104 cm³/mol. The van der Waals surface area contributed by atoms with E-state index in [1.54, 1.807) is 45.3 Å². The number of fused-ring (bicyclic) bond motifs is 2. The van der Waals surface area contributed by atoms with Gasteiger partial charge >= 0.3 is 5.97 Å². The molecule has 0 unspecified atom stereocenters. The zero-order valence-electron chi connectivity index (χ0n) is 17.6. The van der Waals surface area contributed by atoms with E-state index in [1.165, 1.54) is 6.33 Å². The summed E-state index contributed by atoms with van der Waals surface area (Å²) in [6, 6.07) is 5.87. The maximum Gasteiger partial charge on any atom is 0.308 e. The highest BCUT2D eigenvalue weighted by molar-refractivity contribution is 5.71. The SMILES string of the molecule is CNc1ncnn2c([C@]3(C#N)O[C@H](COC(=O)C(C)C)[C@H]4OC(C)(C)O[C@H]43)ccc12. The second-order valence-electron chi connectivity index (χ2n) is 8.18. The van der Waals surface area contributed by atoms with Crippen LogP contribution in [0.15, 0.2) is 18.5 Å². The van der Waals surface area contributed by atoms with Gasteiger partial charge in [0.15, 0.2) is 11.6 Å². The third-order valence-electron chi connectivity index (χ3n) is 5.33. The second-order valence-corrected chi connectivity index (χ2v) is 8.18. The van der Waals surface area contributed by atoms with E-state index >= 15 is 0 Å². The van der Waals surface area contributed by atoms with Gasteiger partial charge in [0.25, 0.3) is 0 Å². The van der Waals surface area contributed by atoms with E-state index in [2.05, 4.69) is 21.5 Å². The van der Waals surface area contributed by atoms with Crippen molar-refractivity contribution in [3.8, 4) is 6.07 Å². The summed E-state index contributed by atoms with van der Waals surface area (Å²) in [6.45, 7) is 7.03. The fourth-order valence-electron chi connectivity index (χ4n) is 3.97. The Labute approximate surface area is 174 Å². The van der Waals surface area contributed by atoms with Gasteiger partial charge in [0.1, 0.15) is 42.8 Å². The van der Waals surface area contributed by atoms with Crippen molar-refractivity contribution >= 4 is 17.3 Å². The molecule has 2 saturated heterocycles. The molecule has 0 aromatic carbocycles. The second kappa shape index (κ2) is 7.19. The molecule has 0 radical (unpaired) electrons. The number of hydrogen-bond acceptors (Lipinski definition) is 9. The monoisotopic (exact) mass is 415 g/mol. The molecule has 4 rings (SSSR count). The normalized spacial score (nSPS) is 29.7. The highest BCUT2D eigenvalue weighted by atomic mass is 16.8. The van der Waals surface area contributed by atoms with E-state index in [4.69, 9.17) is 18.9 Å². The molecule has 0 amide bonds. The molecule has 0 aliphatic carbocycles. The predicted octanol–water partition coefficient (Wildman–Crippen LogP) is 1.61. The van der Waals surface area contributed by atoms with Crippen molar-refractivity contribution in [3.63, 3.8) is 0 Å². The Hall–Kier alpha value is -2.74. The molecule has 2 aliphatic rings. The van der Waals surface area contributed by atoms with Crippen LogP contribution in [0.4, 0.5) is 5.82 Å². The smallest absolute Gasteiger partial charge is 0.308 e. The van der Waals surface area contributed by atoms with Crippen molar-refractivity contribution in [1.29, 1.82) is 5.26 Å². The van der Waals surface area contributed by atoms with Gasteiger partial charge in [0.05, 0.1) is 11.6 Å². The van der Waals surface area contributed by atoms with Crippen LogP contribution in [0.3, 0.4) is 0 Å². The Kier molecular flexibility index (Phi) is 4.92. The van der Waals surface area contributed by atoms with Gasteiger partial charge in [-0.05, 0) is 26.0 Å². The Morgan fingerprint density at radius 1 is 1.37 bits per heavy atom. The van der Waals surface area contributed by atoms with Crippen molar-refractivity contribution in [1.82, 2.24) is 14.6 Å². The van der Waals surface area contributed by atoms with Gasteiger partial charge in [0.2, 0.25) is 5.60 Å². The van der Waals surface area contributed by atoms with Crippen LogP contribution >= 0.6 is 0 Å². The summed E-state index contributed by atoms with van der Waals surface area (Å²) < 4.78 is 25.4. The molecule has 1 N–H and O–H groups in total. The Balaban J connectivity index is 1.75. The quantitative estimate of drug-likeness (QED) is 0.726. The van der Waals surface area contributed by atoms with Gasteiger partial charge in [-0.3, -0.25) is 4.79 Å². The third-order valence-corrected chi connectivity index (χ3v) is 5.33. The van der Waals surface area contributed by atoms with Gasteiger partial charge in [0, 0.05) is 7.05 Å². The molecule has 160 valence electrons. The summed E-state index contributed by atoms with van der Waals surface area (Å²) in [5.41, 5.74) is -0.315. The van der Waals surface area contributed by atoms with E-state index in [-0.39, 0.29) is 18.5 Å². The number of aromatic nitrogens is 3. The largest absolute Gasteiger partial charge is 0.463 e. The molecule has 30 heavy (non-hydrogen) atoms. The van der Waals surface area contributed by atoms with Gasteiger partial charge in [-0.15, -0.1) is 0 Å². The van der Waals surface area contributed by atoms with Crippen molar-refractivity contribution in [2.75, 3.05) is 19.0 Å². The van der Waals surface area contributed by atoms with Crippen LogP contribution in [0, 0.1) is 17.2 Å². The summed E-state index contributed by atoms with van der Waals surface area (Å²) in [7, 11) is 1.76. The van der Waals surface area contributed by atoms with Crippen LogP contribution in [0.25, 0.3) is 5.52 Å². The van der Waals surface area contributed by atoms with Crippen molar-refractivity contribution < 1.29 is 23.7 Å². The van der Waals surface area contributed by atoms with E-state index in [0.29, 0.717) is 17.0 Å². The lowest BCUT2D eigenvalue weighted by Crippen LogP contribution is -2.40. The average molecular weight is 415 g/mol. The lowest BCUT2D eigenvalue weighted by molar-refractivity contribution is -0.207. The van der Waals surface area contributed by atoms with Crippen LogP contribution in [0.2, 0.25) is 0 Å². The minimum Gasteiger partial charge on any atom is -0.463 e. The first-order valence-corrected chi connectivity index (χ1v) is 9.84. The van der Waals surface area contributed by atoms with E-state index < -0.39 is 29.7 Å². The fraction of sp³-hybridized carbons (Fsp3) is 0.600. The molecule has 4 heterocycles. The third kappa shape index (κ3) is 3.10. The number of rotatable bonds is 5. The lowest BCUT2D eigenvalue weighted by Gasteiger charge is -2.29. The molecule has 2 aliphatic heterocycles. The van der Waals surface area contributed by atoms with E-state index in [1.807, 2.05) is 6.07 Å². The fourth-order valence-corrected chi connectivity index (χ4v) is 3.97. The summed E-state index contributed by atoms with van der Waals surface area (Å²) in [5, 5.41) is 17.6. The first-order chi connectivity index (χ1) is 14.2. The van der Waals surface area contributed by atoms with Gasteiger partial charge < -0.3 is 24.3 Å². The van der Waals surface area contributed by atoms with Crippen molar-refractivity contribution in [3.05, 3.63) is 24.2 Å². The summed E-state index contributed by atoms with van der Waals surface area (Å²) in [4.78, 5) is 16.2. The molecule has 2 fully saturated rings. The van der Waals surface area contributed by atoms with Crippen LogP contribution in [-0.4, -0.2) is 58.3 Å². The number of nitriles is 1. The molecular weight excluding hydrogens is 390 g/mol. The maximum absolute atomic E-state index is 12.0. The Bertz CT molecular complexity index is 1010. The highest BCUT2D eigenvalue weighted by Crippen LogP contribution is 2.49. The topological polar surface area (TPSA) is 120 Å². The van der Waals surface area contributed by atoms with Crippen LogP contribution < -0.4 is 5.32 Å². The first kappa shape index (κ1) is 20.5. The molecule has 10 nitrogen and oxygen atoms in total. The number of nitrogens with one attached hydrogen (secondary N) is 1. The zero-order chi connectivity index (χ0) is 21.7.